The van der Waals surface area contributed by atoms with Crippen molar-refractivity contribution in [1.82, 2.24) is 10.2 Å². The highest BCUT2D eigenvalue weighted by atomic mass is 16.2. The summed E-state index contributed by atoms with van der Waals surface area (Å²) in [4.78, 5) is 14.5. The van der Waals surface area contributed by atoms with Gasteiger partial charge in [-0.2, -0.15) is 0 Å². The maximum absolute atomic E-state index is 12.4. The maximum atomic E-state index is 12.4. The van der Waals surface area contributed by atoms with E-state index in [-0.39, 0.29) is 11.3 Å². The Hall–Kier alpha value is -1.39. The van der Waals surface area contributed by atoms with Gasteiger partial charge in [-0.1, -0.05) is 18.2 Å². The largest absolute Gasteiger partial charge is 0.325 e. The molecular weight excluding hydrogens is 238 g/mol. The lowest BCUT2D eigenvalue weighted by molar-refractivity contribution is -0.123. The number of carbonyl (C=O) groups excluding carboxylic acids is 1. The van der Waals surface area contributed by atoms with E-state index in [2.05, 4.69) is 21.6 Å². The highest BCUT2D eigenvalue weighted by Gasteiger charge is 2.36. The molecule has 0 saturated carbocycles. The SMILES string of the molecule is CN(C)Cc1ccccc1NC(=O)C1(C)CCNC1. The standard InChI is InChI=1S/C15H23N3O/c1-15(8-9-16-11-15)14(19)17-13-7-5-4-6-12(13)10-18(2)3/h4-7,16H,8-11H2,1-3H3,(H,17,19). The van der Waals surface area contributed by atoms with E-state index < -0.39 is 0 Å². The maximum Gasteiger partial charge on any atom is 0.231 e. The van der Waals surface area contributed by atoms with E-state index in [1.165, 1.54) is 0 Å². The number of benzene rings is 1. The molecule has 2 rings (SSSR count). The molecule has 1 atom stereocenters. The van der Waals surface area contributed by atoms with Gasteiger partial charge in [0.2, 0.25) is 5.91 Å². The number of anilines is 1. The van der Waals surface area contributed by atoms with Crippen molar-refractivity contribution in [3.05, 3.63) is 29.8 Å². The second kappa shape index (κ2) is 5.72. The van der Waals surface area contributed by atoms with E-state index in [0.717, 1.165) is 37.3 Å². The Morgan fingerprint density at radius 1 is 1.42 bits per heavy atom. The molecular formula is C15H23N3O. The second-order valence-electron chi connectivity index (χ2n) is 5.84. The first-order valence-corrected chi connectivity index (χ1v) is 6.76. The third kappa shape index (κ3) is 3.33. The summed E-state index contributed by atoms with van der Waals surface area (Å²) in [7, 11) is 4.06. The minimum absolute atomic E-state index is 0.115. The molecule has 1 heterocycles. The fourth-order valence-corrected chi connectivity index (χ4v) is 2.40. The van der Waals surface area contributed by atoms with Crippen LogP contribution < -0.4 is 10.6 Å². The molecule has 4 nitrogen and oxygen atoms in total. The van der Waals surface area contributed by atoms with Gasteiger partial charge >= 0.3 is 0 Å². The predicted molar refractivity (Wildman–Crippen MR) is 78.1 cm³/mol. The molecule has 1 fully saturated rings. The first-order valence-electron chi connectivity index (χ1n) is 6.76. The number of nitrogens with zero attached hydrogens (tertiary/aromatic N) is 1. The molecule has 2 N–H and O–H groups in total. The van der Waals surface area contributed by atoms with Crippen molar-refractivity contribution in [3.63, 3.8) is 0 Å². The summed E-state index contributed by atoms with van der Waals surface area (Å²) in [5.41, 5.74) is 1.79. The Bertz CT molecular complexity index is 450. The second-order valence-corrected chi connectivity index (χ2v) is 5.84. The fraction of sp³-hybridized carbons (Fsp3) is 0.533. The molecule has 1 amide bonds. The highest BCUT2D eigenvalue weighted by molar-refractivity contribution is 5.96. The quantitative estimate of drug-likeness (QED) is 0.867. The van der Waals surface area contributed by atoms with Crippen molar-refractivity contribution in [3.8, 4) is 0 Å². The number of hydrogen-bond donors (Lipinski definition) is 2. The van der Waals surface area contributed by atoms with E-state index in [9.17, 15) is 4.79 Å². The summed E-state index contributed by atoms with van der Waals surface area (Å²) in [5, 5.41) is 6.35. The Morgan fingerprint density at radius 2 is 2.16 bits per heavy atom. The monoisotopic (exact) mass is 261 g/mol. The van der Waals surface area contributed by atoms with Crippen LogP contribution in [-0.2, 0) is 11.3 Å². The van der Waals surface area contributed by atoms with Crippen LogP contribution in [0.25, 0.3) is 0 Å². The summed E-state index contributed by atoms with van der Waals surface area (Å²) >= 11 is 0. The number of nitrogens with one attached hydrogen (secondary N) is 2. The van der Waals surface area contributed by atoms with E-state index in [1.54, 1.807) is 0 Å². The minimum atomic E-state index is -0.286. The average molecular weight is 261 g/mol. The summed E-state index contributed by atoms with van der Waals surface area (Å²) in [6.07, 6.45) is 0.898. The van der Waals surface area contributed by atoms with Gasteiger partial charge in [0.15, 0.2) is 0 Å². The van der Waals surface area contributed by atoms with E-state index in [1.807, 2.05) is 39.2 Å². The van der Waals surface area contributed by atoms with E-state index >= 15 is 0 Å². The Balaban J connectivity index is 2.12. The molecule has 0 spiro atoms. The zero-order valence-corrected chi connectivity index (χ0v) is 12.0. The van der Waals surface area contributed by atoms with Crippen LogP contribution in [0.5, 0.6) is 0 Å². The Kier molecular flexibility index (Phi) is 4.22. The first-order chi connectivity index (χ1) is 9.01. The molecule has 1 saturated heterocycles. The zero-order chi connectivity index (χ0) is 13.9. The topological polar surface area (TPSA) is 44.4 Å². The van der Waals surface area contributed by atoms with Crippen LogP contribution in [0, 0.1) is 5.41 Å². The number of hydrogen-bond acceptors (Lipinski definition) is 3. The molecule has 0 radical (unpaired) electrons. The van der Waals surface area contributed by atoms with Crippen molar-refractivity contribution in [2.45, 2.75) is 19.9 Å². The number of para-hydroxylation sites is 1. The third-order valence-electron chi connectivity index (χ3n) is 3.67. The van der Waals surface area contributed by atoms with Gasteiger partial charge in [0.05, 0.1) is 5.41 Å². The van der Waals surface area contributed by atoms with Crippen molar-refractivity contribution in [2.75, 3.05) is 32.5 Å². The van der Waals surface area contributed by atoms with Crippen LogP contribution in [-0.4, -0.2) is 38.0 Å². The first kappa shape index (κ1) is 14.0. The van der Waals surface area contributed by atoms with E-state index in [4.69, 9.17) is 0 Å². The van der Waals surface area contributed by atoms with Crippen molar-refractivity contribution >= 4 is 11.6 Å². The van der Waals surface area contributed by atoms with Crippen molar-refractivity contribution in [2.24, 2.45) is 5.41 Å². The normalized spacial score (nSPS) is 22.7. The van der Waals surface area contributed by atoms with Gasteiger partial charge in [-0.15, -0.1) is 0 Å². The smallest absolute Gasteiger partial charge is 0.231 e. The van der Waals surface area contributed by atoms with Gasteiger partial charge in [0, 0.05) is 18.8 Å². The van der Waals surface area contributed by atoms with Crippen LogP contribution in [0.2, 0.25) is 0 Å². The molecule has 4 heteroatoms. The number of rotatable bonds is 4. The molecule has 1 unspecified atom stereocenters. The molecule has 19 heavy (non-hydrogen) atoms. The van der Waals surface area contributed by atoms with Crippen LogP contribution in [0.1, 0.15) is 18.9 Å². The summed E-state index contributed by atoms with van der Waals surface area (Å²) in [6.45, 7) is 4.53. The fourth-order valence-electron chi connectivity index (χ4n) is 2.40. The van der Waals surface area contributed by atoms with E-state index in [0.29, 0.717) is 0 Å². The third-order valence-corrected chi connectivity index (χ3v) is 3.67. The molecule has 1 aliphatic rings. The molecule has 1 aliphatic heterocycles. The predicted octanol–water partition coefficient (Wildman–Crippen LogP) is 1.69. The number of amides is 1. The highest BCUT2D eigenvalue weighted by Crippen LogP contribution is 2.27. The summed E-state index contributed by atoms with van der Waals surface area (Å²) < 4.78 is 0. The van der Waals surface area contributed by atoms with Gasteiger partial charge in [0.1, 0.15) is 0 Å². The van der Waals surface area contributed by atoms with Crippen molar-refractivity contribution in [1.29, 1.82) is 0 Å². The Morgan fingerprint density at radius 3 is 2.79 bits per heavy atom. The molecule has 0 bridgehead atoms. The molecule has 104 valence electrons. The van der Waals surface area contributed by atoms with Crippen LogP contribution in [0.15, 0.2) is 24.3 Å². The molecule has 0 aliphatic carbocycles. The minimum Gasteiger partial charge on any atom is -0.325 e. The Labute approximate surface area is 115 Å². The number of carbonyl (C=O) groups is 1. The van der Waals surface area contributed by atoms with Gasteiger partial charge < -0.3 is 15.5 Å². The van der Waals surface area contributed by atoms with Gasteiger partial charge in [-0.25, -0.2) is 0 Å². The van der Waals surface area contributed by atoms with Gasteiger partial charge in [0.25, 0.3) is 0 Å². The van der Waals surface area contributed by atoms with Gasteiger partial charge in [-0.05, 0) is 45.6 Å². The summed E-state index contributed by atoms with van der Waals surface area (Å²) in [6, 6.07) is 8.00. The zero-order valence-electron chi connectivity index (χ0n) is 12.0. The lowest BCUT2D eigenvalue weighted by atomic mass is 9.88. The van der Waals surface area contributed by atoms with Gasteiger partial charge in [-0.3, -0.25) is 4.79 Å². The van der Waals surface area contributed by atoms with Crippen LogP contribution in [0.4, 0.5) is 5.69 Å². The molecule has 0 aromatic heterocycles. The average Bonchev–Trinajstić information content (AvgIpc) is 2.79. The lowest BCUT2D eigenvalue weighted by Gasteiger charge is -2.23. The van der Waals surface area contributed by atoms with Crippen LogP contribution >= 0.6 is 0 Å². The summed E-state index contributed by atoms with van der Waals surface area (Å²) in [5.74, 6) is 0.115. The molecule has 1 aromatic rings. The van der Waals surface area contributed by atoms with Crippen molar-refractivity contribution < 1.29 is 4.79 Å². The molecule has 1 aromatic carbocycles. The lowest BCUT2D eigenvalue weighted by Crippen LogP contribution is -2.35. The van der Waals surface area contributed by atoms with Crippen LogP contribution in [0.3, 0.4) is 0 Å².